The molecule has 1 heterocycles. The molecule has 0 amide bonds. The predicted molar refractivity (Wildman–Crippen MR) is 63.6 cm³/mol. The van der Waals surface area contributed by atoms with Crippen LogP contribution in [0.5, 0.6) is 0 Å². The van der Waals surface area contributed by atoms with Crippen molar-refractivity contribution in [3.05, 3.63) is 53.1 Å². The summed E-state index contributed by atoms with van der Waals surface area (Å²) in [5, 5.41) is 11.8. The Morgan fingerprint density at radius 3 is 2.65 bits per heavy atom. The van der Waals surface area contributed by atoms with E-state index < -0.39 is 5.82 Å². The molecule has 0 aliphatic carbocycles. The number of aromatic nitrogens is 1. The van der Waals surface area contributed by atoms with Crippen molar-refractivity contribution in [2.24, 2.45) is 0 Å². The number of anilines is 2. The molecule has 0 atom stereocenters. The molecule has 84 valence electrons. The highest BCUT2D eigenvalue weighted by molar-refractivity contribution is 6.30. The van der Waals surface area contributed by atoms with Gasteiger partial charge in [0, 0.05) is 10.7 Å². The lowest BCUT2D eigenvalue weighted by atomic mass is 10.3. The number of nitriles is 1. The largest absolute Gasteiger partial charge is 0.354 e. The van der Waals surface area contributed by atoms with Crippen LogP contribution in [0.4, 0.5) is 15.8 Å². The Bertz CT molecular complexity index is 555. The maximum Gasteiger partial charge on any atom is 0.140 e. The van der Waals surface area contributed by atoms with Crippen molar-refractivity contribution in [1.82, 2.24) is 4.98 Å². The molecule has 0 spiro atoms. The minimum absolute atomic E-state index is 0.314. The number of pyridine rings is 1. The van der Waals surface area contributed by atoms with Crippen molar-refractivity contribution in [1.29, 1.82) is 5.26 Å². The molecule has 3 nitrogen and oxygen atoms in total. The van der Waals surface area contributed by atoms with E-state index in [9.17, 15) is 4.39 Å². The van der Waals surface area contributed by atoms with Gasteiger partial charge in [-0.2, -0.15) is 5.26 Å². The monoisotopic (exact) mass is 247 g/mol. The zero-order valence-corrected chi connectivity index (χ0v) is 9.37. The molecule has 0 fully saturated rings. The predicted octanol–water partition coefficient (Wildman–Crippen LogP) is 3.49. The summed E-state index contributed by atoms with van der Waals surface area (Å²) >= 11 is 5.73. The van der Waals surface area contributed by atoms with Crippen molar-refractivity contribution in [3.63, 3.8) is 0 Å². The summed E-state index contributed by atoms with van der Waals surface area (Å²) in [6.07, 6.45) is 1.50. The number of nitrogens with zero attached hydrogens (tertiary/aromatic N) is 2. The third-order valence-corrected chi connectivity index (χ3v) is 2.25. The van der Waals surface area contributed by atoms with E-state index in [4.69, 9.17) is 16.9 Å². The molecule has 2 rings (SSSR count). The van der Waals surface area contributed by atoms with Gasteiger partial charge >= 0.3 is 0 Å². The quantitative estimate of drug-likeness (QED) is 0.884. The van der Waals surface area contributed by atoms with Crippen molar-refractivity contribution < 1.29 is 4.39 Å². The van der Waals surface area contributed by atoms with E-state index in [0.29, 0.717) is 22.1 Å². The summed E-state index contributed by atoms with van der Waals surface area (Å²) in [5.41, 5.74) is 1.51. The molecule has 0 unspecified atom stereocenters. The summed E-state index contributed by atoms with van der Waals surface area (Å²) < 4.78 is 13.1. The van der Waals surface area contributed by atoms with Gasteiger partial charge in [0.2, 0.25) is 0 Å². The fourth-order valence-electron chi connectivity index (χ4n) is 1.33. The highest BCUT2D eigenvalue weighted by atomic mass is 35.5. The highest BCUT2D eigenvalue weighted by Gasteiger charge is 2.00. The molecule has 0 aliphatic heterocycles. The first kappa shape index (κ1) is 11.4. The van der Waals surface area contributed by atoms with Gasteiger partial charge in [-0.15, -0.1) is 0 Å². The van der Waals surface area contributed by atoms with Crippen LogP contribution < -0.4 is 5.32 Å². The average Bonchev–Trinajstić information content (AvgIpc) is 2.28. The fourth-order valence-corrected chi connectivity index (χ4v) is 1.55. The lowest BCUT2D eigenvalue weighted by molar-refractivity contribution is 0.628. The number of nitrogens with one attached hydrogen (secondary N) is 1. The van der Waals surface area contributed by atoms with Crippen LogP contribution in [0.1, 0.15) is 5.69 Å². The summed E-state index contributed by atoms with van der Waals surface area (Å²) in [7, 11) is 0. The Hall–Kier alpha value is -2.12. The Balaban J connectivity index is 2.22. The molecule has 17 heavy (non-hydrogen) atoms. The zero-order valence-electron chi connectivity index (χ0n) is 8.61. The normalized spacial score (nSPS) is 9.71. The minimum atomic E-state index is -0.415. The number of halogens is 2. The molecule has 0 aliphatic rings. The fraction of sp³-hybridized carbons (Fsp3) is 0. The number of benzene rings is 1. The molecule has 0 saturated carbocycles. The van der Waals surface area contributed by atoms with Crippen LogP contribution in [0.3, 0.4) is 0 Å². The number of rotatable bonds is 2. The van der Waals surface area contributed by atoms with Gasteiger partial charge < -0.3 is 5.32 Å². The minimum Gasteiger partial charge on any atom is -0.354 e. The molecule has 1 N–H and O–H groups in total. The van der Waals surface area contributed by atoms with E-state index in [-0.39, 0.29) is 0 Å². The third kappa shape index (κ3) is 2.92. The standard InChI is InChI=1S/C12H7ClFN3/c13-8-3-9(14)5-12(4-8)17-11-2-1-10(6-15)16-7-11/h1-5,7,17H. The lowest BCUT2D eigenvalue weighted by Gasteiger charge is -2.06. The first-order chi connectivity index (χ1) is 8.17. The highest BCUT2D eigenvalue weighted by Crippen LogP contribution is 2.21. The van der Waals surface area contributed by atoms with Gasteiger partial charge in [-0.1, -0.05) is 11.6 Å². The Labute approximate surface area is 102 Å². The lowest BCUT2D eigenvalue weighted by Crippen LogP contribution is -1.92. The average molecular weight is 248 g/mol. The van der Waals surface area contributed by atoms with E-state index in [2.05, 4.69) is 10.3 Å². The van der Waals surface area contributed by atoms with Crippen molar-refractivity contribution in [3.8, 4) is 6.07 Å². The first-order valence-corrected chi connectivity index (χ1v) is 5.14. The molecular weight excluding hydrogens is 241 g/mol. The van der Waals surface area contributed by atoms with Crippen LogP contribution in [0.25, 0.3) is 0 Å². The summed E-state index contributed by atoms with van der Waals surface area (Å²) in [5.74, 6) is -0.415. The molecule has 0 radical (unpaired) electrons. The van der Waals surface area contributed by atoms with Gasteiger partial charge in [-0.05, 0) is 30.3 Å². The van der Waals surface area contributed by atoms with E-state index in [1.807, 2.05) is 6.07 Å². The smallest absolute Gasteiger partial charge is 0.140 e. The van der Waals surface area contributed by atoms with E-state index in [1.54, 1.807) is 18.2 Å². The molecular formula is C12H7ClFN3. The van der Waals surface area contributed by atoms with Gasteiger partial charge in [0.05, 0.1) is 11.9 Å². The second kappa shape index (κ2) is 4.81. The van der Waals surface area contributed by atoms with Crippen molar-refractivity contribution in [2.75, 3.05) is 5.32 Å². The molecule has 0 saturated heterocycles. The second-order valence-corrected chi connectivity index (χ2v) is 3.76. The Morgan fingerprint density at radius 2 is 2.06 bits per heavy atom. The molecule has 1 aromatic heterocycles. The number of hydrogen-bond donors (Lipinski definition) is 1. The maximum atomic E-state index is 13.1. The van der Waals surface area contributed by atoms with Crippen LogP contribution in [0, 0.1) is 17.1 Å². The van der Waals surface area contributed by atoms with E-state index in [1.165, 1.54) is 18.3 Å². The second-order valence-electron chi connectivity index (χ2n) is 3.33. The van der Waals surface area contributed by atoms with Crippen LogP contribution >= 0.6 is 11.6 Å². The van der Waals surface area contributed by atoms with Crippen LogP contribution in [-0.4, -0.2) is 4.98 Å². The third-order valence-electron chi connectivity index (χ3n) is 2.03. The molecule has 2 aromatic rings. The molecule has 1 aromatic carbocycles. The van der Waals surface area contributed by atoms with Crippen molar-refractivity contribution in [2.45, 2.75) is 0 Å². The van der Waals surface area contributed by atoms with Gasteiger partial charge in [0.1, 0.15) is 17.6 Å². The van der Waals surface area contributed by atoms with Crippen LogP contribution in [0.2, 0.25) is 5.02 Å². The summed E-state index contributed by atoms with van der Waals surface area (Å²) in [6, 6.07) is 9.32. The maximum absolute atomic E-state index is 13.1. The SMILES string of the molecule is N#Cc1ccc(Nc2cc(F)cc(Cl)c2)cn1. The first-order valence-electron chi connectivity index (χ1n) is 4.76. The topological polar surface area (TPSA) is 48.7 Å². The van der Waals surface area contributed by atoms with Gasteiger partial charge in [-0.25, -0.2) is 9.37 Å². The van der Waals surface area contributed by atoms with Crippen LogP contribution in [-0.2, 0) is 0 Å². The van der Waals surface area contributed by atoms with Gasteiger partial charge in [0.15, 0.2) is 0 Å². The Morgan fingerprint density at radius 1 is 1.24 bits per heavy atom. The van der Waals surface area contributed by atoms with Crippen LogP contribution in [0.15, 0.2) is 36.5 Å². The Kier molecular flexibility index (Phi) is 3.22. The van der Waals surface area contributed by atoms with Gasteiger partial charge in [-0.3, -0.25) is 0 Å². The van der Waals surface area contributed by atoms with E-state index >= 15 is 0 Å². The molecule has 0 bridgehead atoms. The van der Waals surface area contributed by atoms with Gasteiger partial charge in [0.25, 0.3) is 0 Å². The van der Waals surface area contributed by atoms with Crippen molar-refractivity contribution >= 4 is 23.0 Å². The summed E-state index contributed by atoms with van der Waals surface area (Å²) in [6.45, 7) is 0. The number of hydrogen-bond acceptors (Lipinski definition) is 3. The van der Waals surface area contributed by atoms with E-state index in [0.717, 1.165) is 0 Å². The zero-order chi connectivity index (χ0) is 12.3. The summed E-state index contributed by atoms with van der Waals surface area (Å²) in [4.78, 5) is 3.89. The molecule has 5 heteroatoms.